The van der Waals surface area contributed by atoms with Crippen molar-refractivity contribution in [3.05, 3.63) is 0 Å². The summed E-state index contributed by atoms with van der Waals surface area (Å²) in [6.45, 7) is 2.00. The Morgan fingerprint density at radius 2 is 1.71 bits per heavy atom. The minimum atomic E-state index is -0.435. The van der Waals surface area contributed by atoms with Gasteiger partial charge in [0, 0.05) is 0 Å². The molecule has 2 heteroatoms. The fourth-order valence-corrected chi connectivity index (χ4v) is 0.358. The summed E-state index contributed by atoms with van der Waals surface area (Å²) >= 11 is 0. The van der Waals surface area contributed by atoms with Gasteiger partial charge in [-0.3, -0.25) is 0 Å². The van der Waals surface area contributed by atoms with Gasteiger partial charge in [0.1, 0.15) is 13.0 Å². The van der Waals surface area contributed by atoms with Gasteiger partial charge in [0.05, 0.1) is 0 Å². The molecule has 0 bridgehead atoms. The molecule has 0 atom stereocenters. The summed E-state index contributed by atoms with van der Waals surface area (Å²) < 4.78 is 11.5. The van der Waals surface area contributed by atoms with Crippen LogP contribution in [-0.2, 0) is 4.79 Å². The molecule has 1 saturated carbocycles. The first-order valence-corrected chi connectivity index (χ1v) is 2.32. The van der Waals surface area contributed by atoms with E-state index in [2.05, 4.69) is 0 Å². The average Bonchev–Trinajstić information content (AvgIpc) is 1.68. The van der Waals surface area contributed by atoms with Gasteiger partial charge in [-0.15, -0.1) is 0 Å². The van der Waals surface area contributed by atoms with Crippen molar-refractivity contribution in [2.45, 2.75) is 25.4 Å². The van der Waals surface area contributed by atoms with Gasteiger partial charge in [-0.05, 0) is 19.3 Å². The summed E-state index contributed by atoms with van der Waals surface area (Å²) in [7, 11) is 0. The normalized spacial score (nSPS) is 19.0. The van der Waals surface area contributed by atoms with Crippen LogP contribution in [0.3, 0.4) is 0 Å². The molecular formula is C5H9FO. The molecule has 0 N–H and O–H groups in total. The first-order valence-electron chi connectivity index (χ1n) is 2.32. The Hall–Kier alpha value is -0.400. The lowest BCUT2D eigenvalue weighted by Gasteiger charge is -2.14. The molecule has 0 aliphatic heterocycles. The molecule has 1 aliphatic carbocycles. The second-order valence-corrected chi connectivity index (χ2v) is 1.53. The maximum Gasteiger partial charge on any atom is 0.106 e. The molecule has 7 heavy (non-hydrogen) atoms. The van der Waals surface area contributed by atoms with Crippen LogP contribution in [0.15, 0.2) is 0 Å². The van der Waals surface area contributed by atoms with Gasteiger partial charge in [-0.1, -0.05) is 0 Å². The van der Waals surface area contributed by atoms with Gasteiger partial charge < -0.3 is 4.79 Å². The fraction of sp³-hybridized carbons (Fsp3) is 0.800. The number of carbonyl (C=O) groups excluding carboxylic acids is 1. The third-order valence-electron chi connectivity index (χ3n) is 1.03. The van der Waals surface area contributed by atoms with Crippen LogP contribution in [0.4, 0.5) is 4.39 Å². The van der Waals surface area contributed by atoms with Crippen LogP contribution in [0.5, 0.6) is 0 Å². The van der Waals surface area contributed by atoms with E-state index >= 15 is 0 Å². The molecular weight excluding hydrogens is 95.1 g/mol. The molecule has 0 aromatic rings. The highest BCUT2D eigenvalue weighted by Crippen LogP contribution is 2.20. The van der Waals surface area contributed by atoms with Gasteiger partial charge in [0.2, 0.25) is 0 Å². The molecule has 0 aromatic heterocycles. The lowest BCUT2D eigenvalue weighted by atomic mass is 9.98. The standard InChI is InChI=1S/C4H7F.CH2O/c5-4-2-1-3-4;1-2/h4H,1-3H2;1H2. The highest BCUT2D eigenvalue weighted by Gasteiger charge is 2.14. The second kappa shape index (κ2) is 3.78. The molecule has 1 aliphatic rings. The molecule has 0 spiro atoms. The van der Waals surface area contributed by atoms with Crippen molar-refractivity contribution in [2.75, 3.05) is 0 Å². The van der Waals surface area contributed by atoms with Crippen molar-refractivity contribution in [3.63, 3.8) is 0 Å². The summed E-state index contributed by atoms with van der Waals surface area (Å²) in [6.07, 6.45) is 2.32. The van der Waals surface area contributed by atoms with Crippen LogP contribution in [0, 0.1) is 0 Å². The van der Waals surface area contributed by atoms with Gasteiger partial charge in [-0.2, -0.15) is 0 Å². The van der Waals surface area contributed by atoms with E-state index in [1.807, 2.05) is 6.79 Å². The fourth-order valence-electron chi connectivity index (χ4n) is 0.358. The highest BCUT2D eigenvalue weighted by molar-refractivity contribution is 5.10. The minimum Gasteiger partial charge on any atom is -0.307 e. The van der Waals surface area contributed by atoms with Crippen LogP contribution in [0.1, 0.15) is 19.3 Å². The molecule has 0 saturated heterocycles. The third-order valence-corrected chi connectivity index (χ3v) is 1.03. The smallest absolute Gasteiger partial charge is 0.106 e. The third kappa shape index (κ3) is 2.31. The van der Waals surface area contributed by atoms with E-state index in [0.29, 0.717) is 0 Å². The quantitative estimate of drug-likeness (QED) is 0.453. The van der Waals surface area contributed by atoms with E-state index in [4.69, 9.17) is 4.79 Å². The Bertz CT molecular complexity index is 43.3. The molecule has 0 radical (unpaired) electrons. The Morgan fingerprint density at radius 1 is 1.43 bits per heavy atom. The zero-order chi connectivity index (χ0) is 5.70. The lowest BCUT2D eigenvalue weighted by Crippen LogP contribution is -2.09. The highest BCUT2D eigenvalue weighted by atomic mass is 19.1. The van der Waals surface area contributed by atoms with Crippen LogP contribution >= 0.6 is 0 Å². The summed E-state index contributed by atoms with van der Waals surface area (Å²) in [5.41, 5.74) is 0. The Morgan fingerprint density at radius 3 is 1.71 bits per heavy atom. The molecule has 0 heterocycles. The van der Waals surface area contributed by atoms with Gasteiger partial charge in [0.25, 0.3) is 0 Å². The van der Waals surface area contributed by atoms with Gasteiger partial charge in [-0.25, -0.2) is 4.39 Å². The van der Waals surface area contributed by atoms with E-state index < -0.39 is 6.17 Å². The summed E-state index contributed by atoms with van der Waals surface area (Å²) in [4.78, 5) is 8.00. The number of hydrogen-bond acceptors (Lipinski definition) is 1. The topological polar surface area (TPSA) is 17.1 Å². The van der Waals surface area contributed by atoms with E-state index in [1.54, 1.807) is 0 Å². The van der Waals surface area contributed by atoms with E-state index in [-0.39, 0.29) is 0 Å². The summed E-state index contributed by atoms with van der Waals surface area (Å²) in [6, 6.07) is 0. The number of rotatable bonds is 0. The maximum atomic E-state index is 11.5. The van der Waals surface area contributed by atoms with Crippen LogP contribution in [0.25, 0.3) is 0 Å². The van der Waals surface area contributed by atoms with Crippen molar-refractivity contribution < 1.29 is 9.18 Å². The zero-order valence-corrected chi connectivity index (χ0v) is 4.19. The number of alkyl halides is 1. The Labute approximate surface area is 42.5 Å². The van der Waals surface area contributed by atoms with Crippen molar-refractivity contribution in [1.29, 1.82) is 0 Å². The van der Waals surface area contributed by atoms with Crippen molar-refractivity contribution in [3.8, 4) is 0 Å². The summed E-state index contributed by atoms with van der Waals surface area (Å²) in [5.74, 6) is 0. The van der Waals surface area contributed by atoms with Crippen LogP contribution < -0.4 is 0 Å². The molecule has 1 rings (SSSR count). The first kappa shape index (κ1) is 6.60. The largest absolute Gasteiger partial charge is 0.307 e. The molecule has 0 aromatic carbocycles. The van der Waals surface area contributed by atoms with E-state index in [9.17, 15) is 4.39 Å². The van der Waals surface area contributed by atoms with Gasteiger partial charge in [0.15, 0.2) is 0 Å². The first-order chi connectivity index (χ1) is 3.39. The maximum absolute atomic E-state index is 11.5. The van der Waals surface area contributed by atoms with Gasteiger partial charge >= 0.3 is 0 Å². The average molecular weight is 104 g/mol. The monoisotopic (exact) mass is 104 g/mol. The summed E-state index contributed by atoms with van der Waals surface area (Å²) in [5, 5.41) is 0. The molecule has 0 amide bonds. The number of carbonyl (C=O) groups is 1. The zero-order valence-electron chi connectivity index (χ0n) is 4.19. The Balaban J connectivity index is 0.000000162. The predicted molar refractivity (Wildman–Crippen MR) is 25.9 cm³/mol. The Kier molecular flexibility index (Phi) is 3.56. The molecule has 1 fully saturated rings. The van der Waals surface area contributed by atoms with E-state index in [1.165, 1.54) is 0 Å². The van der Waals surface area contributed by atoms with Crippen molar-refractivity contribution in [1.82, 2.24) is 0 Å². The molecule has 42 valence electrons. The molecule has 0 unspecified atom stereocenters. The second-order valence-electron chi connectivity index (χ2n) is 1.53. The van der Waals surface area contributed by atoms with Crippen molar-refractivity contribution >= 4 is 6.79 Å². The van der Waals surface area contributed by atoms with Crippen LogP contribution in [-0.4, -0.2) is 13.0 Å². The predicted octanol–water partition coefficient (Wildman–Crippen LogP) is 1.32. The molecule has 1 nitrogen and oxygen atoms in total. The number of hydrogen-bond donors (Lipinski definition) is 0. The SMILES string of the molecule is C=O.FC1CCC1. The number of halogens is 1. The lowest BCUT2D eigenvalue weighted by molar-refractivity contribution is -0.0979. The minimum absolute atomic E-state index is 0.435. The van der Waals surface area contributed by atoms with Crippen LogP contribution in [0.2, 0.25) is 0 Å². The van der Waals surface area contributed by atoms with Crippen molar-refractivity contribution in [2.24, 2.45) is 0 Å². The van der Waals surface area contributed by atoms with E-state index in [0.717, 1.165) is 19.3 Å².